The standard InChI is InChI=1S/C17H21BrN4O.ClH/c18-14-5-1-3-12(9-14)11-22-16(7-8-20-22)21-17(23)10-13-4-2-6-15(13)19;/h1,3,5,7-9,13,15H,2,4,6,10-11,19H2,(H,21,23);1H/t13-,15+;/m0./s1. The van der Waals surface area contributed by atoms with Gasteiger partial charge in [-0.3, -0.25) is 4.79 Å². The molecule has 1 aromatic carbocycles. The average molecular weight is 414 g/mol. The Hall–Kier alpha value is -1.37. The average Bonchev–Trinajstić information content (AvgIpc) is 3.09. The summed E-state index contributed by atoms with van der Waals surface area (Å²) in [4.78, 5) is 12.3. The van der Waals surface area contributed by atoms with Crippen molar-refractivity contribution in [2.24, 2.45) is 11.7 Å². The second-order valence-corrected chi connectivity index (χ2v) is 7.03. The van der Waals surface area contributed by atoms with Crippen molar-refractivity contribution in [2.45, 2.75) is 38.3 Å². The number of halogens is 2. The number of aromatic nitrogens is 2. The fraction of sp³-hybridized carbons (Fsp3) is 0.412. The van der Waals surface area contributed by atoms with Crippen LogP contribution >= 0.6 is 28.3 Å². The van der Waals surface area contributed by atoms with Crippen molar-refractivity contribution in [2.75, 3.05) is 5.32 Å². The lowest BCUT2D eigenvalue weighted by Crippen LogP contribution is -2.28. The number of hydrogen-bond acceptors (Lipinski definition) is 3. The van der Waals surface area contributed by atoms with Gasteiger partial charge in [-0.1, -0.05) is 34.5 Å². The summed E-state index contributed by atoms with van der Waals surface area (Å²) < 4.78 is 2.83. The second-order valence-electron chi connectivity index (χ2n) is 6.11. The highest BCUT2D eigenvalue weighted by Gasteiger charge is 2.26. The fourth-order valence-corrected chi connectivity index (χ4v) is 3.57. The van der Waals surface area contributed by atoms with E-state index in [1.165, 1.54) is 0 Å². The fourth-order valence-electron chi connectivity index (χ4n) is 3.12. The highest BCUT2D eigenvalue weighted by molar-refractivity contribution is 9.10. The number of rotatable bonds is 5. The number of hydrogen-bond donors (Lipinski definition) is 2. The SMILES string of the molecule is Cl.N[C@@H]1CCC[C@H]1CC(=O)Nc1ccnn1Cc1cccc(Br)c1. The minimum absolute atomic E-state index is 0. The summed E-state index contributed by atoms with van der Waals surface area (Å²) in [6.07, 6.45) is 5.39. The van der Waals surface area contributed by atoms with E-state index in [2.05, 4.69) is 26.3 Å². The molecule has 1 aliphatic rings. The first kappa shape index (κ1) is 19.0. The zero-order valence-corrected chi connectivity index (χ0v) is 15.7. The van der Waals surface area contributed by atoms with Crippen LogP contribution in [0.25, 0.3) is 0 Å². The first-order valence-electron chi connectivity index (χ1n) is 7.93. The van der Waals surface area contributed by atoms with Crippen LogP contribution in [0.4, 0.5) is 5.82 Å². The number of carbonyl (C=O) groups excluding carboxylic acids is 1. The topological polar surface area (TPSA) is 72.9 Å². The van der Waals surface area contributed by atoms with Gasteiger partial charge < -0.3 is 11.1 Å². The van der Waals surface area contributed by atoms with Crippen LogP contribution in [0.1, 0.15) is 31.2 Å². The van der Waals surface area contributed by atoms with Crippen molar-refractivity contribution in [3.63, 3.8) is 0 Å². The summed E-state index contributed by atoms with van der Waals surface area (Å²) in [6, 6.07) is 10.0. The van der Waals surface area contributed by atoms with Crippen molar-refractivity contribution in [3.05, 3.63) is 46.6 Å². The highest BCUT2D eigenvalue weighted by atomic mass is 79.9. The lowest BCUT2D eigenvalue weighted by molar-refractivity contribution is -0.117. The first-order chi connectivity index (χ1) is 11.1. The van der Waals surface area contributed by atoms with Crippen LogP contribution < -0.4 is 11.1 Å². The van der Waals surface area contributed by atoms with Gasteiger partial charge in [0, 0.05) is 23.0 Å². The van der Waals surface area contributed by atoms with E-state index >= 15 is 0 Å². The predicted octanol–water partition coefficient (Wildman–Crippen LogP) is 3.57. The normalized spacial score (nSPS) is 19.8. The van der Waals surface area contributed by atoms with Crippen LogP contribution in [-0.2, 0) is 11.3 Å². The number of nitrogens with zero attached hydrogens (tertiary/aromatic N) is 2. The van der Waals surface area contributed by atoms with E-state index in [4.69, 9.17) is 5.73 Å². The Balaban J connectivity index is 0.00000208. The van der Waals surface area contributed by atoms with Gasteiger partial charge in [-0.15, -0.1) is 12.4 Å². The number of nitrogens with one attached hydrogen (secondary N) is 1. The van der Waals surface area contributed by atoms with Crippen LogP contribution in [0.2, 0.25) is 0 Å². The Kier molecular flexibility index (Phi) is 6.83. The lowest BCUT2D eigenvalue weighted by atomic mass is 10.00. The van der Waals surface area contributed by atoms with Crippen LogP contribution in [0.15, 0.2) is 41.0 Å². The summed E-state index contributed by atoms with van der Waals surface area (Å²) in [5, 5.41) is 7.27. The molecule has 130 valence electrons. The van der Waals surface area contributed by atoms with Gasteiger partial charge in [0.15, 0.2) is 0 Å². The molecule has 7 heteroatoms. The Labute approximate surface area is 156 Å². The van der Waals surface area contributed by atoms with Gasteiger partial charge in [-0.2, -0.15) is 5.10 Å². The molecule has 2 aromatic rings. The molecule has 3 rings (SSSR count). The number of nitrogens with two attached hydrogens (primary N) is 1. The largest absolute Gasteiger partial charge is 0.327 e. The summed E-state index contributed by atoms with van der Waals surface area (Å²) in [5.41, 5.74) is 7.17. The van der Waals surface area contributed by atoms with E-state index in [1.807, 2.05) is 30.3 Å². The van der Waals surface area contributed by atoms with Gasteiger partial charge in [0.05, 0.1) is 12.7 Å². The van der Waals surface area contributed by atoms with E-state index < -0.39 is 0 Å². The van der Waals surface area contributed by atoms with Crippen molar-refractivity contribution in [3.8, 4) is 0 Å². The molecule has 0 bridgehead atoms. The third kappa shape index (κ3) is 4.82. The molecule has 1 aromatic heterocycles. The van der Waals surface area contributed by atoms with Gasteiger partial charge in [0.1, 0.15) is 5.82 Å². The molecule has 1 aliphatic carbocycles. The number of amides is 1. The highest BCUT2D eigenvalue weighted by Crippen LogP contribution is 2.27. The molecule has 1 fully saturated rings. The third-order valence-electron chi connectivity index (χ3n) is 4.37. The molecule has 24 heavy (non-hydrogen) atoms. The molecule has 1 amide bonds. The summed E-state index contributed by atoms with van der Waals surface area (Å²) in [7, 11) is 0. The van der Waals surface area contributed by atoms with Crippen molar-refractivity contribution < 1.29 is 4.79 Å². The van der Waals surface area contributed by atoms with E-state index in [-0.39, 0.29) is 24.4 Å². The van der Waals surface area contributed by atoms with Crippen molar-refractivity contribution >= 4 is 40.1 Å². The molecule has 0 aliphatic heterocycles. The Morgan fingerprint density at radius 2 is 2.21 bits per heavy atom. The second kappa shape index (κ2) is 8.65. The molecule has 2 atom stereocenters. The lowest BCUT2D eigenvalue weighted by Gasteiger charge is -2.15. The maximum Gasteiger partial charge on any atom is 0.225 e. The Morgan fingerprint density at radius 1 is 1.38 bits per heavy atom. The molecule has 0 unspecified atom stereocenters. The molecule has 0 radical (unpaired) electrons. The molecule has 0 saturated heterocycles. The molecular formula is C17H22BrClN4O. The quantitative estimate of drug-likeness (QED) is 0.787. The Morgan fingerprint density at radius 3 is 2.92 bits per heavy atom. The van der Waals surface area contributed by atoms with Gasteiger partial charge in [-0.05, 0) is 36.5 Å². The summed E-state index contributed by atoms with van der Waals surface area (Å²) in [6.45, 7) is 0.616. The summed E-state index contributed by atoms with van der Waals surface area (Å²) in [5.74, 6) is 1.04. The molecule has 3 N–H and O–H groups in total. The molecule has 1 heterocycles. The molecule has 0 spiro atoms. The zero-order chi connectivity index (χ0) is 16.2. The van der Waals surface area contributed by atoms with E-state index in [1.54, 1.807) is 10.9 Å². The van der Waals surface area contributed by atoms with Gasteiger partial charge in [-0.25, -0.2) is 4.68 Å². The minimum Gasteiger partial charge on any atom is -0.327 e. The maximum atomic E-state index is 12.3. The molecular weight excluding hydrogens is 392 g/mol. The van der Waals surface area contributed by atoms with Crippen molar-refractivity contribution in [1.82, 2.24) is 9.78 Å². The minimum atomic E-state index is 0. The molecule has 5 nitrogen and oxygen atoms in total. The van der Waals surface area contributed by atoms with Crippen LogP contribution in [0.5, 0.6) is 0 Å². The first-order valence-corrected chi connectivity index (χ1v) is 8.73. The number of benzene rings is 1. The van der Waals surface area contributed by atoms with Crippen LogP contribution in [-0.4, -0.2) is 21.7 Å². The number of anilines is 1. The van der Waals surface area contributed by atoms with Gasteiger partial charge in [0.2, 0.25) is 5.91 Å². The monoisotopic (exact) mass is 412 g/mol. The van der Waals surface area contributed by atoms with Gasteiger partial charge >= 0.3 is 0 Å². The van der Waals surface area contributed by atoms with Crippen molar-refractivity contribution in [1.29, 1.82) is 0 Å². The van der Waals surface area contributed by atoms with E-state index in [9.17, 15) is 4.79 Å². The number of carbonyl (C=O) groups is 1. The zero-order valence-electron chi connectivity index (χ0n) is 13.3. The Bertz CT molecular complexity index is 691. The maximum absolute atomic E-state index is 12.3. The third-order valence-corrected chi connectivity index (χ3v) is 4.86. The van der Waals surface area contributed by atoms with Crippen LogP contribution in [0.3, 0.4) is 0 Å². The van der Waals surface area contributed by atoms with E-state index in [0.717, 1.165) is 35.1 Å². The van der Waals surface area contributed by atoms with E-state index in [0.29, 0.717) is 18.9 Å². The smallest absolute Gasteiger partial charge is 0.225 e. The van der Waals surface area contributed by atoms with Crippen LogP contribution in [0, 0.1) is 5.92 Å². The van der Waals surface area contributed by atoms with Gasteiger partial charge in [0.25, 0.3) is 0 Å². The predicted molar refractivity (Wildman–Crippen MR) is 101 cm³/mol. The summed E-state index contributed by atoms with van der Waals surface area (Å²) >= 11 is 3.47. The molecule has 1 saturated carbocycles.